The summed E-state index contributed by atoms with van der Waals surface area (Å²) >= 11 is 0. The molecule has 7 heteroatoms. The molecule has 0 spiro atoms. The van der Waals surface area contributed by atoms with Crippen LogP contribution in [0.25, 0.3) is 0 Å². The number of esters is 1. The number of rotatable bonds is 3. The Balaban J connectivity index is 2.33. The minimum atomic E-state index is -4.84. The SMILES string of the molecule is CC(C)(C)OC(=O)CC1CCC(NC(=O)C(F)(F)F)CC1. The Bertz CT molecular complexity index is 380. The summed E-state index contributed by atoms with van der Waals surface area (Å²) in [7, 11) is 0. The third kappa shape index (κ3) is 6.82. The second-order valence-electron chi connectivity index (χ2n) is 6.48. The molecule has 1 saturated carbocycles. The van der Waals surface area contributed by atoms with E-state index in [0.29, 0.717) is 25.7 Å². The quantitative estimate of drug-likeness (QED) is 0.816. The van der Waals surface area contributed by atoms with Gasteiger partial charge >= 0.3 is 18.1 Å². The van der Waals surface area contributed by atoms with E-state index in [4.69, 9.17) is 4.74 Å². The Labute approximate surface area is 122 Å². The van der Waals surface area contributed by atoms with Crippen LogP contribution < -0.4 is 5.32 Å². The molecule has 1 aliphatic carbocycles. The van der Waals surface area contributed by atoms with E-state index in [9.17, 15) is 22.8 Å². The molecule has 0 radical (unpaired) electrons. The number of alkyl halides is 3. The lowest BCUT2D eigenvalue weighted by molar-refractivity contribution is -0.174. The molecular formula is C14H22F3NO3. The van der Waals surface area contributed by atoms with Crippen LogP contribution in [0.4, 0.5) is 13.2 Å². The van der Waals surface area contributed by atoms with Gasteiger partial charge < -0.3 is 10.1 Å². The van der Waals surface area contributed by atoms with Gasteiger partial charge in [0.1, 0.15) is 5.60 Å². The maximum absolute atomic E-state index is 12.1. The molecule has 0 aromatic carbocycles. The van der Waals surface area contributed by atoms with Crippen molar-refractivity contribution in [2.24, 2.45) is 5.92 Å². The standard InChI is InChI=1S/C14H22F3NO3/c1-13(2,3)21-11(19)8-9-4-6-10(7-5-9)18-12(20)14(15,16)17/h9-10H,4-8H2,1-3H3,(H,18,20). The van der Waals surface area contributed by atoms with Crippen molar-refractivity contribution in [2.75, 3.05) is 0 Å². The highest BCUT2D eigenvalue weighted by molar-refractivity contribution is 5.81. The molecule has 1 N–H and O–H groups in total. The van der Waals surface area contributed by atoms with E-state index in [1.807, 2.05) is 5.32 Å². The van der Waals surface area contributed by atoms with Crippen LogP contribution >= 0.6 is 0 Å². The van der Waals surface area contributed by atoms with Crippen LogP contribution in [0, 0.1) is 5.92 Å². The van der Waals surface area contributed by atoms with E-state index in [1.165, 1.54) is 0 Å². The molecular weight excluding hydrogens is 287 g/mol. The minimum Gasteiger partial charge on any atom is -0.460 e. The zero-order chi connectivity index (χ0) is 16.3. The van der Waals surface area contributed by atoms with Crippen LogP contribution in [0.5, 0.6) is 0 Å². The second kappa shape index (κ2) is 6.66. The molecule has 1 fully saturated rings. The van der Waals surface area contributed by atoms with Crippen molar-refractivity contribution < 1.29 is 27.5 Å². The first-order valence-electron chi connectivity index (χ1n) is 7.07. The Hall–Kier alpha value is -1.27. The van der Waals surface area contributed by atoms with Crippen molar-refractivity contribution in [2.45, 2.75) is 70.7 Å². The molecule has 21 heavy (non-hydrogen) atoms. The van der Waals surface area contributed by atoms with Crippen LogP contribution in [-0.4, -0.2) is 29.7 Å². The summed E-state index contributed by atoms with van der Waals surface area (Å²) in [5.74, 6) is -2.07. The Morgan fingerprint density at radius 2 is 1.62 bits per heavy atom. The van der Waals surface area contributed by atoms with E-state index in [1.54, 1.807) is 20.8 Å². The number of carbonyl (C=O) groups is 2. The topological polar surface area (TPSA) is 55.4 Å². The largest absolute Gasteiger partial charge is 0.471 e. The van der Waals surface area contributed by atoms with Crippen LogP contribution in [0.2, 0.25) is 0 Å². The van der Waals surface area contributed by atoms with Crippen LogP contribution in [0.1, 0.15) is 52.9 Å². The summed E-state index contributed by atoms with van der Waals surface area (Å²) in [6.45, 7) is 5.36. The van der Waals surface area contributed by atoms with Crippen LogP contribution in [-0.2, 0) is 14.3 Å². The molecule has 0 aliphatic heterocycles. The summed E-state index contributed by atoms with van der Waals surface area (Å²) in [6.07, 6.45) is -2.43. The lowest BCUT2D eigenvalue weighted by Gasteiger charge is -2.29. The van der Waals surface area contributed by atoms with E-state index >= 15 is 0 Å². The number of carbonyl (C=O) groups excluding carboxylic acids is 2. The predicted molar refractivity (Wildman–Crippen MR) is 70.4 cm³/mol. The smallest absolute Gasteiger partial charge is 0.460 e. The molecule has 1 aliphatic rings. The van der Waals surface area contributed by atoms with Crippen molar-refractivity contribution in [1.29, 1.82) is 0 Å². The number of hydrogen-bond acceptors (Lipinski definition) is 3. The average molecular weight is 309 g/mol. The van der Waals surface area contributed by atoms with Crippen molar-refractivity contribution in [3.05, 3.63) is 0 Å². The van der Waals surface area contributed by atoms with E-state index < -0.39 is 23.7 Å². The number of ether oxygens (including phenoxy) is 1. The number of nitrogens with one attached hydrogen (secondary N) is 1. The number of hydrogen-bond donors (Lipinski definition) is 1. The van der Waals surface area contributed by atoms with Crippen LogP contribution in [0.3, 0.4) is 0 Å². The maximum Gasteiger partial charge on any atom is 0.471 e. The maximum atomic E-state index is 12.1. The third-order valence-corrected chi connectivity index (χ3v) is 3.31. The fraction of sp³-hybridized carbons (Fsp3) is 0.857. The Morgan fingerprint density at radius 1 is 1.10 bits per heavy atom. The van der Waals surface area contributed by atoms with Crippen molar-refractivity contribution in [3.63, 3.8) is 0 Å². The molecule has 0 bridgehead atoms. The molecule has 0 unspecified atom stereocenters. The first-order chi connectivity index (χ1) is 9.47. The number of halogens is 3. The molecule has 0 atom stereocenters. The first kappa shape index (κ1) is 17.8. The molecule has 0 aromatic rings. The summed E-state index contributed by atoms with van der Waals surface area (Å²) in [4.78, 5) is 22.5. The molecule has 0 saturated heterocycles. The normalized spacial score (nSPS) is 23.5. The number of amides is 1. The highest BCUT2D eigenvalue weighted by Crippen LogP contribution is 2.28. The lowest BCUT2D eigenvalue weighted by Crippen LogP contribution is -2.44. The summed E-state index contributed by atoms with van der Waals surface area (Å²) in [5.41, 5.74) is -0.533. The van der Waals surface area contributed by atoms with Gasteiger partial charge in [0, 0.05) is 12.5 Å². The Morgan fingerprint density at radius 3 is 2.05 bits per heavy atom. The van der Waals surface area contributed by atoms with E-state index in [2.05, 4.69) is 0 Å². The first-order valence-corrected chi connectivity index (χ1v) is 7.07. The van der Waals surface area contributed by atoms with Gasteiger partial charge in [0.2, 0.25) is 0 Å². The van der Waals surface area contributed by atoms with Gasteiger partial charge in [-0.15, -0.1) is 0 Å². The second-order valence-corrected chi connectivity index (χ2v) is 6.48. The summed E-state index contributed by atoms with van der Waals surface area (Å²) in [6, 6.07) is -0.464. The van der Waals surface area contributed by atoms with E-state index in [-0.39, 0.29) is 18.3 Å². The molecule has 0 aromatic heterocycles. The van der Waals surface area contributed by atoms with E-state index in [0.717, 1.165) is 0 Å². The van der Waals surface area contributed by atoms with Crippen molar-refractivity contribution in [3.8, 4) is 0 Å². The van der Waals surface area contributed by atoms with Gasteiger partial charge in [-0.2, -0.15) is 13.2 Å². The molecule has 0 heterocycles. The molecule has 4 nitrogen and oxygen atoms in total. The van der Waals surface area contributed by atoms with Crippen molar-refractivity contribution in [1.82, 2.24) is 5.32 Å². The van der Waals surface area contributed by atoms with Gasteiger partial charge in [-0.05, 0) is 52.4 Å². The average Bonchev–Trinajstić information content (AvgIpc) is 2.27. The van der Waals surface area contributed by atoms with Crippen LogP contribution in [0.15, 0.2) is 0 Å². The highest BCUT2D eigenvalue weighted by Gasteiger charge is 2.40. The molecule has 122 valence electrons. The third-order valence-electron chi connectivity index (χ3n) is 3.31. The highest BCUT2D eigenvalue weighted by atomic mass is 19.4. The Kier molecular flexibility index (Phi) is 5.64. The zero-order valence-corrected chi connectivity index (χ0v) is 12.5. The lowest BCUT2D eigenvalue weighted by atomic mass is 9.84. The van der Waals surface area contributed by atoms with Gasteiger partial charge in [-0.25, -0.2) is 0 Å². The monoisotopic (exact) mass is 309 g/mol. The van der Waals surface area contributed by atoms with Crippen molar-refractivity contribution >= 4 is 11.9 Å². The summed E-state index contributed by atoms with van der Waals surface area (Å²) < 4.78 is 41.6. The van der Waals surface area contributed by atoms with Gasteiger partial charge in [0.25, 0.3) is 0 Å². The minimum absolute atomic E-state index is 0.110. The summed E-state index contributed by atoms with van der Waals surface area (Å²) in [5, 5.41) is 1.99. The van der Waals surface area contributed by atoms with Gasteiger partial charge in [-0.3, -0.25) is 9.59 Å². The molecule has 1 amide bonds. The molecule has 1 rings (SSSR count). The van der Waals surface area contributed by atoms with Gasteiger partial charge in [-0.1, -0.05) is 0 Å². The van der Waals surface area contributed by atoms with Gasteiger partial charge in [0.15, 0.2) is 0 Å². The zero-order valence-electron chi connectivity index (χ0n) is 12.5. The fourth-order valence-electron chi connectivity index (χ4n) is 2.40. The van der Waals surface area contributed by atoms with Gasteiger partial charge in [0.05, 0.1) is 0 Å². The predicted octanol–water partition coefficient (Wildman–Crippen LogP) is 2.96. The fourth-order valence-corrected chi connectivity index (χ4v) is 2.40.